The van der Waals surface area contributed by atoms with E-state index in [4.69, 9.17) is 11.6 Å². The summed E-state index contributed by atoms with van der Waals surface area (Å²) in [6, 6.07) is 11.1. The lowest BCUT2D eigenvalue weighted by atomic mass is 9.95. The molecule has 0 unspecified atom stereocenters. The van der Waals surface area contributed by atoms with Crippen LogP contribution in [0.15, 0.2) is 48.5 Å². The number of carbonyl (C=O) groups excluding carboxylic acids is 3. The Morgan fingerprint density at radius 2 is 1.86 bits per heavy atom. The van der Waals surface area contributed by atoms with Gasteiger partial charge >= 0.3 is 0 Å². The van der Waals surface area contributed by atoms with Crippen LogP contribution in [0.3, 0.4) is 0 Å². The van der Waals surface area contributed by atoms with E-state index in [1.807, 2.05) is 0 Å². The van der Waals surface area contributed by atoms with Crippen molar-refractivity contribution in [1.29, 1.82) is 0 Å². The second kappa shape index (κ2) is 7.65. The van der Waals surface area contributed by atoms with Gasteiger partial charge in [-0.3, -0.25) is 29.9 Å². The number of nitro benzene ring substituents is 1. The second-order valence-corrected chi connectivity index (χ2v) is 6.58. The predicted molar refractivity (Wildman–Crippen MR) is 101 cm³/mol. The molecule has 144 valence electrons. The number of carbonyl (C=O) groups is 3. The van der Waals surface area contributed by atoms with E-state index in [0.717, 1.165) is 5.01 Å². The lowest BCUT2D eigenvalue weighted by Gasteiger charge is -2.43. The van der Waals surface area contributed by atoms with Crippen LogP contribution < -0.4 is 10.7 Å². The average Bonchev–Trinajstić information content (AvgIpc) is 2.67. The monoisotopic (exact) mass is 402 g/mol. The van der Waals surface area contributed by atoms with Crippen molar-refractivity contribution in [1.82, 2.24) is 10.4 Å². The smallest absolute Gasteiger partial charge is 0.269 e. The van der Waals surface area contributed by atoms with E-state index in [1.165, 1.54) is 37.3 Å². The van der Waals surface area contributed by atoms with E-state index in [9.17, 15) is 24.5 Å². The van der Waals surface area contributed by atoms with Gasteiger partial charge in [-0.1, -0.05) is 12.1 Å². The number of anilines is 1. The summed E-state index contributed by atoms with van der Waals surface area (Å²) in [6.45, 7) is 1.37. The minimum Gasteiger partial charge on any atom is -0.326 e. The number of alkyl halides is 1. The van der Waals surface area contributed by atoms with Crippen molar-refractivity contribution in [3.05, 3.63) is 69.8 Å². The number of hydrazine groups is 1. The maximum atomic E-state index is 12.4. The molecule has 0 aliphatic carbocycles. The number of hydrogen-bond acceptors (Lipinski definition) is 5. The Morgan fingerprint density at radius 3 is 2.46 bits per heavy atom. The van der Waals surface area contributed by atoms with Gasteiger partial charge in [0.05, 0.1) is 4.92 Å². The zero-order valence-electron chi connectivity index (χ0n) is 14.6. The number of halogens is 1. The standard InChI is InChI=1S/C18H15ClN4O5/c1-10(24)20-13-7-5-11(6-8-13)17(25)21-22-16(15(19)18(22)26)12-3-2-4-14(9-12)23(27)28/h2-9,15-16H,1H3,(H,20,24)(H,21,25)/t15-,16+/m0/s1. The average molecular weight is 403 g/mol. The summed E-state index contributed by atoms with van der Waals surface area (Å²) in [5.74, 6) is -1.31. The van der Waals surface area contributed by atoms with Gasteiger partial charge in [-0.15, -0.1) is 11.6 Å². The quantitative estimate of drug-likeness (QED) is 0.344. The molecule has 2 N–H and O–H groups in total. The van der Waals surface area contributed by atoms with Crippen molar-refractivity contribution in [3.8, 4) is 0 Å². The van der Waals surface area contributed by atoms with Crippen LogP contribution in [0.1, 0.15) is 28.9 Å². The number of nitrogens with zero attached hydrogens (tertiary/aromatic N) is 2. The Morgan fingerprint density at radius 1 is 1.18 bits per heavy atom. The molecule has 28 heavy (non-hydrogen) atoms. The molecule has 2 aromatic rings. The van der Waals surface area contributed by atoms with Crippen LogP contribution in [0.2, 0.25) is 0 Å². The zero-order valence-corrected chi connectivity index (χ0v) is 15.3. The van der Waals surface area contributed by atoms with Crippen molar-refractivity contribution in [2.75, 3.05) is 5.32 Å². The van der Waals surface area contributed by atoms with Crippen molar-refractivity contribution < 1.29 is 19.3 Å². The molecular formula is C18H15ClN4O5. The van der Waals surface area contributed by atoms with E-state index < -0.39 is 28.2 Å². The Bertz CT molecular complexity index is 963. The molecule has 3 amide bonds. The number of nitro groups is 1. The molecule has 0 aromatic heterocycles. The summed E-state index contributed by atoms with van der Waals surface area (Å²) < 4.78 is 0. The highest BCUT2D eigenvalue weighted by Crippen LogP contribution is 2.38. The molecule has 0 saturated carbocycles. The zero-order chi connectivity index (χ0) is 20.4. The van der Waals surface area contributed by atoms with Crippen LogP contribution in [0.5, 0.6) is 0 Å². The summed E-state index contributed by atoms with van der Waals surface area (Å²) in [4.78, 5) is 46.0. The number of hydrogen-bond donors (Lipinski definition) is 2. The van der Waals surface area contributed by atoms with Gasteiger partial charge in [0.1, 0.15) is 11.4 Å². The van der Waals surface area contributed by atoms with Gasteiger partial charge in [0, 0.05) is 30.3 Å². The number of benzene rings is 2. The van der Waals surface area contributed by atoms with Crippen LogP contribution in [0.4, 0.5) is 11.4 Å². The molecular weight excluding hydrogens is 388 g/mol. The van der Waals surface area contributed by atoms with Gasteiger partial charge in [-0.2, -0.15) is 0 Å². The molecule has 1 heterocycles. The van der Waals surface area contributed by atoms with E-state index in [-0.39, 0.29) is 17.2 Å². The molecule has 1 fully saturated rings. The summed E-state index contributed by atoms with van der Waals surface area (Å²) in [7, 11) is 0. The first-order valence-electron chi connectivity index (χ1n) is 8.18. The van der Waals surface area contributed by atoms with Gasteiger partial charge in [-0.25, -0.2) is 5.01 Å². The number of nitrogens with one attached hydrogen (secondary N) is 2. The number of non-ortho nitro benzene ring substituents is 1. The van der Waals surface area contributed by atoms with Gasteiger partial charge < -0.3 is 5.32 Å². The number of β-lactam (4-membered cyclic amide) rings is 1. The third-order valence-corrected chi connectivity index (χ3v) is 4.57. The first-order valence-corrected chi connectivity index (χ1v) is 8.61. The molecule has 1 saturated heterocycles. The van der Waals surface area contributed by atoms with Gasteiger partial charge in [0.25, 0.3) is 17.5 Å². The molecule has 2 atom stereocenters. The Labute approximate surface area is 164 Å². The first kappa shape index (κ1) is 19.3. The predicted octanol–water partition coefficient (Wildman–Crippen LogP) is 2.39. The molecule has 0 radical (unpaired) electrons. The fourth-order valence-electron chi connectivity index (χ4n) is 2.80. The highest BCUT2D eigenvalue weighted by molar-refractivity contribution is 6.33. The van der Waals surface area contributed by atoms with Gasteiger partial charge in [-0.05, 0) is 29.8 Å². The van der Waals surface area contributed by atoms with Crippen LogP contribution in [-0.2, 0) is 9.59 Å². The maximum absolute atomic E-state index is 12.4. The van der Waals surface area contributed by atoms with Crippen molar-refractivity contribution >= 4 is 40.7 Å². The SMILES string of the molecule is CC(=O)Nc1ccc(C(=O)NN2C(=O)[C@@H](Cl)[C@H]2c2cccc([N+](=O)[O-])c2)cc1. The third kappa shape index (κ3) is 3.79. The second-order valence-electron chi connectivity index (χ2n) is 6.11. The Balaban J connectivity index is 1.76. The molecule has 10 heteroatoms. The first-order chi connectivity index (χ1) is 13.3. The van der Waals surface area contributed by atoms with Crippen molar-refractivity contribution in [2.45, 2.75) is 18.3 Å². The van der Waals surface area contributed by atoms with Crippen LogP contribution in [-0.4, -0.2) is 33.0 Å². The van der Waals surface area contributed by atoms with Gasteiger partial charge in [0.15, 0.2) is 0 Å². The number of amides is 3. The molecule has 9 nitrogen and oxygen atoms in total. The van der Waals surface area contributed by atoms with E-state index in [2.05, 4.69) is 10.7 Å². The number of rotatable bonds is 5. The molecule has 0 bridgehead atoms. The lowest BCUT2D eigenvalue weighted by Crippen LogP contribution is -2.63. The van der Waals surface area contributed by atoms with Crippen molar-refractivity contribution in [2.24, 2.45) is 0 Å². The van der Waals surface area contributed by atoms with E-state index >= 15 is 0 Å². The van der Waals surface area contributed by atoms with Crippen LogP contribution in [0, 0.1) is 10.1 Å². The fraction of sp³-hybridized carbons (Fsp3) is 0.167. The Hall–Kier alpha value is -3.46. The van der Waals surface area contributed by atoms with Crippen LogP contribution >= 0.6 is 11.6 Å². The van der Waals surface area contributed by atoms with Crippen molar-refractivity contribution in [3.63, 3.8) is 0 Å². The highest BCUT2D eigenvalue weighted by atomic mass is 35.5. The minimum absolute atomic E-state index is 0.138. The third-order valence-electron chi connectivity index (χ3n) is 4.14. The largest absolute Gasteiger partial charge is 0.326 e. The molecule has 0 spiro atoms. The topological polar surface area (TPSA) is 122 Å². The fourth-order valence-corrected chi connectivity index (χ4v) is 3.16. The van der Waals surface area contributed by atoms with Gasteiger partial charge in [0.2, 0.25) is 5.91 Å². The summed E-state index contributed by atoms with van der Waals surface area (Å²) in [6.07, 6.45) is 0. The summed E-state index contributed by atoms with van der Waals surface area (Å²) in [5.41, 5.74) is 3.56. The summed E-state index contributed by atoms with van der Waals surface area (Å²) in [5, 5.41) is 13.7. The van der Waals surface area contributed by atoms with Crippen LogP contribution in [0.25, 0.3) is 0 Å². The molecule has 1 aliphatic rings. The maximum Gasteiger partial charge on any atom is 0.269 e. The molecule has 3 rings (SSSR count). The molecule has 1 aliphatic heterocycles. The van der Waals surface area contributed by atoms with E-state index in [1.54, 1.807) is 18.2 Å². The minimum atomic E-state index is -0.940. The molecule has 2 aromatic carbocycles. The Kier molecular flexibility index (Phi) is 5.27. The normalized spacial score (nSPS) is 18.2. The van der Waals surface area contributed by atoms with E-state index in [0.29, 0.717) is 11.3 Å². The highest BCUT2D eigenvalue weighted by Gasteiger charge is 2.48. The lowest BCUT2D eigenvalue weighted by molar-refractivity contribution is -0.385. The summed E-state index contributed by atoms with van der Waals surface area (Å²) >= 11 is 6.07.